The summed E-state index contributed by atoms with van der Waals surface area (Å²) in [6.07, 6.45) is 0.169. The Morgan fingerprint density at radius 3 is 2.58 bits per heavy atom. The molecule has 1 fully saturated rings. The molecule has 1 aliphatic rings. The van der Waals surface area contributed by atoms with E-state index < -0.39 is 17.8 Å². The molecule has 0 radical (unpaired) electrons. The fraction of sp³-hybridized carbons (Fsp3) is 0.600. The first-order chi connectivity index (χ1) is 9.04. The number of rotatable bonds is 4. The van der Waals surface area contributed by atoms with Crippen molar-refractivity contribution in [2.24, 2.45) is 11.8 Å². The van der Waals surface area contributed by atoms with E-state index in [9.17, 15) is 8.78 Å². The highest BCUT2D eigenvalue weighted by atomic mass is 19.3. The summed E-state index contributed by atoms with van der Waals surface area (Å²) < 4.78 is 28.0. The minimum Gasteiger partial charge on any atom is -0.396 e. The van der Waals surface area contributed by atoms with Gasteiger partial charge in [-0.3, -0.25) is 4.90 Å². The molecule has 0 bridgehead atoms. The summed E-state index contributed by atoms with van der Waals surface area (Å²) >= 11 is 0. The maximum absolute atomic E-state index is 14.0. The molecule has 1 aromatic carbocycles. The summed E-state index contributed by atoms with van der Waals surface area (Å²) in [5.74, 6) is -4.08. The van der Waals surface area contributed by atoms with Gasteiger partial charge >= 0.3 is 0 Å². The first kappa shape index (κ1) is 14.4. The van der Waals surface area contributed by atoms with Crippen LogP contribution in [-0.2, 0) is 6.54 Å². The SMILES string of the molecule is C[C@@H]1CN(Cc2ccccc2)C[C@H](CCO)C1(F)F. The monoisotopic (exact) mass is 269 g/mol. The highest BCUT2D eigenvalue weighted by molar-refractivity contribution is 5.14. The van der Waals surface area contributed by atoms with E-state index >= 15 is 0 Å². The Morgan fingerprint density at radius 1 is 1.26 bits per heavy atom. The number of halogens is 2. The average Bonchev–Trinajstić information content (AvgIpc) is 2.37. The van der Waals surface area contributed by atoms with Crippen LogP contribution >= 0.6 is 0 Å². The minimum atomic E-state index is -2.67. The molecule has 4 heteroatoms. The summed E-state index contributed by atoms with van der Waals surface area (Å²) in [7, 11) is 0. The van der Waals surface area contributed by atoms with Crippen LogP contribution in [0.15, 0.2) is 30.3 Å². The Hall–Kier alpha value is -1.00. The fourth-order valence-electron chi connectivity index (χ4n) is 2.83. The summed E-state index contributed by atoms with van der Waals surface area (Å²) in [6, 6.07) is 9.90. The lowest BCUT2D eigenvalue weighted by Crippen LogP contribution is -2.52. The average molecular weight is 269 g/mol. The molecule has 1 aromatic rings. The maximum Gasteiger partial charge on any atom is 0.255 e. The van der Waals surface area contributed by atoms with Crippen LogP contribution in [-0.4, -0.2) is 35.6 Å². The van der Waals surface area contributed by atoms with Crippen molar-refractivity contribution in [3.05, 3.63) is 35.9 Å². The van der Waals surface area contributed by atoms with Gasteiger partial charge in [0.05, 0.1) is 0 Å². The second kappa shape index (κ2) is 5.97. The second-order valence-corrected chi connectivity index (χ2v) is 5.46. The Balaban J connectivity index is 2.04. The van der Waals surface area contributed by atoms with Crippen molar-refractivity contribution in [3.8, 4) is 0 Å². The normalized spacial score (nSPS) is 27.4. The topological polar surface area (TPSA) is 23.5 Å². The number of likely N-dealkylation sites (tertiary alicyclic amines) is 1. The van der Waals surface area contributed by atoms with Crippen molar-refractivity contribution in [1.82, 2.24) is 4.90 Å². The summed E-state index contributed by atoms with van der Waals surface area (Å²) in [6.45, 7) is 2.88. The Labute approximate surface area is 113 Å². The lowest BCUT2D eigenvalue weighted by molar-refractivity contribution is -0.150. The molecule has 0 aliphatic carbocycles. The molecule has 2 rings (SSSR count). The number of nitrogens with zero attached hydrogens (tertiary/aromatic N) is 1. The standard InChI is InChI=1S/C15H21F2NO/c1-12-9-18(10-13-5-3-2-4-6-13)11-14(7-8-19)15(12,16)17/h2-6,12,14,19H,7-11H2,1H3/t12-,14+/m1/s1. The first-order valence-electron chi connectivity index (χ1n) is 6.79. The zero-order chi connectivity index (χ0) is 13.9. The van der Waals surface area contributed by atoms with Crippen LogP contribution in [0.25, 0.3) is 0 Å². The minimum absolute atomic E-state index is 0.169. The quantitative estimate of drug-likeness (QED) is 0.908. The first-order valence-corrected chi connectivity index (χ1v) is 6.79. The van der Waals surface area contributed by atoms with Crippen molar-refractivity contribution < 1.29 is 13.9 Å². The highest BCUT2D eigenvalue weighted by Crippen LogP contribution is 2.39. The second-order valence-electron chi connectivity index (χ2n) is 5.46. The van der Waals surface area contributed by atoms with Crippen molar-refractivity contribution in [3.63, 3.8) is 0 Å². The van der Waals surface area contributed by atoms with Crippen LogP contribution in [0.1, 0.15) is 18.9 Å². The molecular weight excluding hydrogens is 248 g/mol. The number of aliphatic hydroxyl groups is 1. The van der Waals surface area contributed by atoms with Gasteiger partial charge in [0.2, 0.25) is 0 Å². The van der Waals surface area contributed by atoms with Crippen LogP contribution < -0.4 is 0 Å². The van der Waals surface area contributed by atoms with Crippen LogP contribution in [0.4, 0.5) is 8.78 Å². The van der Waals surface area contributed by atoms with Gasteiger partial charge in [-0.05, 0) is 12.0 Å². The van der Waals surface area contributed by atoms with Gasteiger partial charge in [-0.1, -0.05) is 37.3 Å². The molecule has 0 unspecified atom stereocenters. The van der Waals surface area contributed by atoms with Crippen molar-refractivity contribution >= 4 is 0 Å². The third kappa shape index (κ3) is 3.31. The summed E-state index contributed by atoms with van der Waals surface area (Å²) in [5, 5.41) is 8.96. The van der Waals surface area contributed by atoms with Gasteiger partial charge in [0, 0.05) is 38.1 Å². The molecule has 0 spiro atoms. The van der Waals surface area contributed by atoms with E-state index in [1.165, 1.54) is 0 Å². The Bertz CT molecular complexity index is 396. The van der Waals surface area contributed by atoms with Gasteiger partial charge in [-0.2, -0.15) is 0 Å². The molecule has 0 aromatic heterocycles. The van der Waals surface area contributed by atoms with Gasteiger partial charge in [0.15, 0.2) is 0 Å². The van der Waals surface area contributed by atoms with E-state index in [2.05, 4.69) is 4.90 Å². The zero-order valence-electron chi connectivity index (χ0n) is 11.2. The number of benzene rings is 1. The molecule has 1 heterocycles. The van der Waals surface area contributed by atoms with E-state index in [0.29, 0.717) is 19.6 Å². The Morgan fingerprint density at radius 2 is 1.95 bits per heavy atom. The molecule has 2 nitrogen and oxygen atoms in total. The van der Waals surface area contributed by atoms with E-state index in [1.807, 2.05) is 30.3 Å². The van der Waals surface area contributed by atoms with E-state index in [0.717, 1.165) is 5.56 Å². The van der Waals surface area contributed by atoms with Crippen LogP contribution in [0.2, 0.25) is 0 Å². The number of piperidine rings is 1. The molecule has 2 atom stereocenters. The van der Waals surface area contributed by atoms with Gasteiger partial charge < -0.3 is 5.11 Å². The molecule has 106 valence electrons. The highest BCUT2D eigenvalue weighted by Gasteiger charge is 2.48. The molecule has 1 aliphatic heterocycles. The smallest absolute Gasteiger partial charge is 0.255 e. The van der Waals surface area contributed by atoms with E-state index in [4.69, 9.17) is 5.11 Å². The van der Waals surface area contributed by atoms with E-state index in [1.54, 1.807) is 6.92 Å². The summed E-state index contributed by atoms with van der Waals surface area (Å²) in [4.78, 5) is 2.07. The van der Waals surface area contributed by atoms with Gasteiger partial charge in [-0.15, -0.1) is 0 Å². The largest absolute Gasteiger partial charge is 0.396 e. The Kier molecular flexibility index (Phi) is 4.53. The molecule has 1 N–H and O–H groups in total. The lowest BCUT2D eigenvalue weighted by atomic mass is 9.84. The van der Waals surface area contributed by atoms with Crippen molar-refractivity contribution in [2.75, 3.05) is 19.7 Å². The number of hydrogen-bond acceptors (Lipinski definition) is 2. The van der Waals surface area contributed by atoms with E-state index in [-0.39, 0.29) is 13.0 Å². The zero-order valence-corrected chi connectivity index (χ0v) is 11.2. The molecule has 1 saturated heterocycles. The molecule has 19 heavy (non-hydrogen) atoms. The third-order valence-electron chi connectivity index (χ3n) is 3.94. The predicted molar refractivity (Wildman–Crippen MR) is 71.0 cm³/mol. The van der Waals surface area contributed by atoms with Crippen LogP contribution in [0, 0.1) is 11.8 Å². The maximum atomic E-state index is 14.0. The van der Waals surface area contributed by atoms with Crippen molar-refractivity contribution in [2.45, 2.75) is 25.8 Å². The number of alkyl halides is 2. The van der Waals surface area contributed by atoms with Crippen molar-refractivity contribution in [1.29, 1.82) is 0 Å². The number of hydrogen-bond donors (Lipinski definition) is 1. The third-order valence-corrected chi connectivity index (χ3v) is 3.94. The molecule has 0 saturated carbocycles. The van der Waals surface area contributed by atoms with Crippen LogP contribution in [0.3, 0.4) is 0 Å². The lowest BCUT2D eigenvalue weighted by Gasteiger charge is -2.42. The van der Waals surface area contributed by atoms with Gasteiger partial charge in [-0.25, -0.2) is 8.78 Å². The predicted octanol–water partition coefficient (Wildman–Crippen LogP) is 2.77. The summed E-state index contributed by atoms with van der Waals surface area (Å²) in [5.41, 5.74) is 1.14. The molecule has 0 amide bonds. The molecular formula is C15H21F2NO. The number of aliphatic hydroxyl groups excluding tert-OH is 1. The van der Waals surface area contributed by atoms with Gasteiger partial charge in [0.1, 0.15) is 0 Å². The van der Waals surface area contributed by atoms with Gasteiger partial charge in [0.25, 0.3) is 5.92 Å². The van der Waals surface area contributed by atoms with Crippen LogP contribution in [0.5, 0.6) is 0 Å². The fourth-order valence-corrected chi connectivity index (χ4v) is 2.83.